The number of anilines is 1. The lowest BCUT2D eigenvalue weighted by atomic mass is 10.0. The summed E-state index contributed by atoms with van der Waals surface area (Å²) < 4.78 is 1.69. The van der Waals surface area contributed by atoms with Crippen LogP contribution in [0.5, 0.6) is 0 Å². The van der Waals surface area contributed by atoms with Crippen molar-refractivity contribution in [2.24, 2.45) is 7.05 Å². The van der Waals surface area contributed by atoms with Gasteiger partial charge in [0.2, 0.25) is 11.9 Å². The molecule has 0 saturated carbocycles. The summed E-state index contributed by atoms with van der Waals surface area (Å²) in [5.74, 6) is 1.13. The monoisotopic (exact) mass is 260 g/mol. The third-order valence-corrected chi connectivity index (χ3v) is 4.15. The number of nitrogens with one attached hydrogen (secondary N) is 1. The Morgan fingerprint density at radius 3 is 3.11 bits per heavy atom. The van der Waals surface area contributed by atoms with Gasteiger partial charge in [-0.05, 0) is 11.6 Å². The van der Waals surface area contributed by atoms with Gasteiger partial charge < -0.3 is 4.57 Å². The van der Waals surface area contributed by atoms with Gasteiger partial charge in [0.25, 0.3) is 0 Å². The smallest absolute Gasteiger partial charge is 0.235 e. The average Bonchev–Trinajstić information content (AvgIpc) is 2.96. The van der Waals surface area contributed by atoms with Gasteiger partial charge in [0.15, 0.2) is 0 Å². The maximum absolute atomic E-state index is 12.2. The van der Waals surface area contributed by atoms with Crippen LogP contribution in [0.2, 0.25) is 0 Å². The molecule has 0 bridgehead atoms. The minimum Gasteiger partial charge on any atom is -0.303 e. The average molecular weight is 260 g/mol. The van der Waals surface area contributed by atoms with Crippen molar-refractivity contribution in [3.63, 3.8) is 0 Å². The van der Waals surface area contributed by atoms with Crippen molar-refractivity contribution in [3.8, 4) is 0 Å². The molecule has 0 fully saturated rings. The van der Waals surface area contributed by atoms with Gasteiger partial charge in [0.1, 0.15) is 6.33 Å². The van der Waals surface area contributed by atoms with Crippen molar-refractivity contribution in [1.29, 1.82) is 0 Å². The van der Waals surface area contributed by atoms with E-state index in [4.69, 9.17) is 0 Å². The Labute approximate surface area is 109 Å². The van der Waals surface area contributed by atoms with E-state index in [0.717, 1.165) is 11.3 Å². The number of rotatable bonds is 2. The highest BCUT2D eigenvalue weighted by atomic mass is 32.2. The van der Waals surface area contributed by atoms with Crippen molar-refractivity contribution in [3.05, 3.63) is 36.2 Å². The Kier molecular flexibility index (Phi) is 2.79. The van der Waals surface area contributed by atoms with Gasteiger partial charge in [0.05, 0.1) is 5.92 Å². The van der Waals surface area contributed by atoms with Crippen molar-refractivity contribution in [2.75, 3.05) is 11.1 Å². The molecule has 1 aromatic heterocycles. The Bertz CT molecular complexity index is 595. The van der Waals surface area contributed by atoms with Gasteiger partial charge in [-0.1, -0.05) is 18.2 Å². The molecule has 1 atom stereocenters. The zero-order valence-corrected chi connectivity index (χ0v) is 10.6. The summed E-state index contributed by atoms with van der Waals surface area (Å²) in [5, 5.41) is 10.4. The Morgan fingerprint density at radius 1 is 1.50 bits per heavy atom. The highest BCUT2D eigenvalue weighted by Crippen LogP contribution is 2.39. The first kappa shape index (κ1) is 11.3. The highest BCUT2D eigenvalue weighted by molar-refractivity contribution is 7.99. The number of thioether (sulfide) groups is 1. The molecular weight excluding hydrogens is 248 g/mol. The number of hydrogen-bond acceptors (Lipinski definition) is 4. The molecule has 1 N–H and O–H groups in total. The summed E-state index contributed by atoms with van der Waals surface area (Å²) >= 11 is 1.72. The number of benzene rings is 1. The third kappa shape index (κ3) is 1.88. The molecule has 0 radical (unpaired) electrons. The molecule has 2 aromatic rings. The number of hydrogen-bond donors (Lipinski definition) is 1. The van der Waals surface area contributed by atoms with Crippen molar-refractivity contribution in [2.45, 2.75) is 10.8 Å². The summed E-state index contributed by atoms with van der Waals surface area (Å²) in [6.45, 7) is 0. The molecule has 2 heterocycles. The van der Waals surface area contributed by atoms with Crippen molar-refractivity contribution >= 4 is 23.6 Å². The van der Waals surface area contributed by atoms with E-state index in [1.165, 1.54) is 4.90 Å². The molecular formula is C12H12N4OS. The van der Waals surface area contributed by atoms with Gasteiger partial charge in [-0.2, -0.15) is 0 Å². The first-order valence-electron chi connectivity index (χ1n) is 5.62. The zero-order chi connectivity index (χ0) is 12.5. The van der Waals surface area contributed by atoms with E-state index in [9.17, 15) is 4.79 Å². The Hall–Kier alpha value is -1.82. The summed E-state index contributed by atoms with van der Waals surface area (Å²) in [4.78, 5) is 13.4. The van der Waals surface area contributed by atoms with Crippen LogP contribution in [-0.2, 0) is 11.8 Å². The molecule has 1 amide bonds. The fourth-order valence-corrected chi connectivity index (χ4v) is 3.20. The normalized spacial score (nSPS) is 17.5. The van der Waals surface area contributed by atoms with E-state index in [-0.39, 0.29) is 11.8 Å². The zero-order valence-electron chi connectivity index (χ0n) is 9.83. The molecule has 92 valence electrons. The molecule has 18 heavy (non-hydrogen) atoms. The molecule has 0 saturated heterocycles. The predicted molar refractivity (Wildman–Crippen MR) is 69.5 cm³/mol. The van der Waals surface area contributed by atoms with Crippen LogP contribution in [0.1, 0.15) is 11.5 Å². The standard InChI is InChI=1S/C12H12N4OS/c1-16-7-13-15-12(16)14-11(17)9-6-18-10-5-3-2-4-8(9)10/h2-5,7,9H,6H2,1H3,(H,14,15,17)/t9-/m1/s1. The minimum absolute atomic E-state index is 0.0245. The maximum Gasteiger partial charge on any atom is 0.235 e. The largest absolute Gasteiger partial charge is 0.303 e. The molecule has 3 rings (SSSR count). The maximum atomic E-state index is 12.2. The van der Waals surface area contributed by atoms with Crippen molar-refractivity contribution in [1.82, 2.24) is 14.8 Å². The first-order valence-corrected chi connectivity index (χ1v) is 6.61. The Morgan fingerprint density at radius 2 is 2.33 bits per heavy atom. The topological polar surface area (TPSA) is 59.8 Å². The van der Waals surface area contributed by atoms with Crippen LogP contribution < -0.4 is 5.32 Å². The van der Waals surface area contributed by atoms with Gasteiger partial charge in [-0.3, -0.25) is 10.1 Å². The van der Waals surface area contributed by atoms with Crippen LogP contribution in [0.4, 0.5) is 5.95 Å². The van der Waals surface area contributed by atoms with Crippen LogP contribution in [-0.4, -0.2) is 26.4 Å². The van der Waals surface area contributed by atoms with E-state index in [1.807, 2.05) is 18.2 Å². The van der Waals surface area contributed by atoms with Crippen LogP contribution >= 0.6 is 11.8 Å². The molecule has 1 aliphatic rings. The minimum atomic E-state index is -0.108. The van der Waals surface area contributed by atoms with Crippen LogP contribution in [0.3, 0.4) is 0 Å². The second-order valence-electron chi connectivity index (χ2n) is 4.16. The number of amides is 1. The molecule has 1 aliphatic heterocycles. The van der Waals surface area contributed by atoms with Gasteiger partial charge in [-0.25, -0.2) is 0 Å². The summed E-state index contributed by atoms with van der Waals surface area (Å²) in [6, 6.07) is 8.02. The SMILES string of the molecule is Cn1cnnc1NC(=O)[C@@H]1CSc2ccccc21. The van der Waals surface area contributed by atoms with Gasteiger partial charge in [-0.15, -0.1) is 22.0 Å². The van der Waals surface area contributed by atoms with E-state index in [2.05, 4.69) is 21.6 Å². The molecule has 5 nitrogen and oxygen atoms in total. The Balaban J connectivity index is 1.81. The lowest BCUT2D eigenvalue weighted by Gasteiger charge is -2.10. The fourth-order valence-electron chi connectivity index (χ4n) is 1.97. The number of aromatic nitrogens is 3. The third-order valence-electron chi connectivity index (χ3n) is 2.96. The lowest BCUT2D eigenvalue weighted by molar-refractivity contribution is -0.117. The lowest BCUT2D eigenvalue weighted by Crippen LogP contribution is -2.22. The van der Waals surface area contributed by atoms with E-state index in [1.54, 1.807) is 29.7 Å². The predicted octanol–water partition coefficient (Wildman–Crippen LogP) is 1.64. The molecule has 0 aliphatic carbocycles. The van der Waals surface area contributed by atoms with E-state index >= 15 is 0 Å². The summed E-state index contributed by atoms with van der Waals surface area (Å²) in [7, 11) is 1.80. The van der Waals surface area contributed by atoms with Crippen LogP contribution in [0.15, 0.2) is 35.5 Å². The summed E-state index contributed by atoms with van der Waals surface area (Å²) in [5.41, 5.74) is 1.10. The highest BCUT2D eigenvalue weighted by Gasteiger charge is 2.29. The molecule has 6 heteroatoms. The number of fused-ring (bicyclic) bond motifs is 1. The van der Waals surface area contributed by atoms with Crippen molar-refractivity contribution < 1.29 is 4.79 Å². The van der Waals surface area contributed by atoms with Gasteiger partial charge in [0, 0.05) is 17.7 Å². The number of aryl methyl sites for hydroxylation is 1. The number of nitrogens with zero attached hydrogens (tertiary/aromatic N) is 3. The van der Waals surface area contributed by atoms with E-state index < -0.39 is 0 Å². The number of carbonyl (C=O) groups excluding carboxylic acids is 1. The number of carbonyl (C=O) groups is 1. The van der Waals surface area contributed by atoms with Crippen LogP contribution in [0.25, 0.3) is 0 Å². The van der Waals surface area contributed by atoms with Crippen LogP contribution in [0, 0.1) is 0 Å². The summed E-state index contributed by atoms with van der Waals surface area (Å²) in [6.07, 6.45) is 1.56. The molecule has 1 aromatic carbocycles. The molecule has 0 spiro atoms. The fraction of sp³-hybridized carbons (Fsp3) is 0.250. The molecule has 0 unspecified atom stereocenters. The van der Waals surface area contributed by atoms with E-state index in [0.29, 0.717) is 5.95 Å². The second kappa shape index (κ2) is 4.45. The quantitative estimate of drug-likeness (QED) is 0.891. The second-order valence-corrected chi connectivity index (χ2v) is 5.22. The first-order chi connectivity index (χ1) is 8.75. The van der Waals surface area contributed by atoms with Gasteiger partial charge >= 0.3 is 0 Å².